The Bertz CT molecular complexity index is 897. The normalized spacial score (nSPS) is 13.0. The van der Waals surface area contributed by atoms with Gasteiger partial charge in [0.25, 0.3) is 0 Å². The molecular weight excluding hydrogens is 300 g/mol. The average molecular weight is 324 g/mol. The van der Waals surface area contributed by atoms with Crippen LogP contribution in [0.2, 0.25) is 0 Å². The number of hydrogen-bond acceptors (Lipinski definition) is 0. The number of fused-ring (bicyclic) bond motifs is 1. The molecule has 3 aromatic rings. The van der Waals surface area contributed by atoms with Gasteiger partial charge >= 0.3 is 0 Å². The highest BCUT2D eigenvalue weighted by Crippen LogP contribution is 2.36. The fourth-order valence-corrected chi connectivity index (χ4v) is 3.82. The molecule has 1 aliphatic carbocycles. The molecule has 124 valence electrons. The van der Waals surface area contributed by atoms with Crippen molar-refractivity contribution in [1.82, 2.24) is 0 Å². The zero-order valence-corrected chi connectivity index (χ0v) is 15.0. The fraction of sp³-hybridized carbons (Fsp3) is 0.200. The van der Waals surface area contributed by atoms with E-state index < -0.39 is 0 Å². The maximum absolute atomic E-state index is 2.43. The quantitative estimate of drug-likeness (QED) is 0.484. The summed E-state index contributed by atoms with van der Waals surface area (Å²) in [6, 6.07) is 26.3. The van der Waals surface area contributed by atoms with E-state index in [1.165, 1.54) is 39.8 Å². The number of hydrogen-bond donors (Lipinski definition) is 0. The van der Waals surface area contributed by atoms with Crippen molar-refractivity contribution in [2.24, 2.45) is 5.92 Å². The lowest BCUT2D eigenvalue weighted by molar-refractivity contribution is 0.638. The summed E-state index contributed by atoms with van der Waals surface area (Å²) in [6.45, 7) is 4.60. The minimum Gasteiger partial charge on any atom is -0.0649 e. The molecule has 0 radical (unpaired) electrons. The van der Waals surface area contributed by atoms with Gasteiger partial charge in [-0.25, -0.2) is 0 Å². The van der Waals surface area contributed by atoms with E-state index >= 15 is 0 Å². The molecule has 0 spiro atoms. The van der Waals surface area contributed by atoms with Crippen LogP contribution in [0.25, 0.3) is 28.3 Å². The summed E-state index contributed by atoms with van der Waals surface area (Å²) in [5.74, 6) is 0.717. The molecule has 25 heavy (non-hydrogen) atoms. The predicted molar refractivity (Wildman–Crippen MR) is 108 cm³/mol. The first-order valence-electron chi connectivity index (χ1n) is 9.18. The molecule has 4 rings (SSSR count). The number of allylic oxidation sites excluding steroid dienone is 1. The highest BCUT2D eigenvalue weighted by Gasteiger charge is 2.17. The van der Waals surface area contributed by atoms with Gasteiger partial charge in [-0.1, -0.05) is 98.3 Å². The van der Waals surface area contributed by atoms with E-state index in [2.05, 4.69) is 92.7 Å². The van der Waals surface area contributed by atoms with Crippen LogP contribution in [0.3, 0.4) is 0 Å². The molecule has 0 atom stereocenters. The summed E-state index contributed by atoms with van der Waals surface area (Å²) in [5.41, 5.74) is 9.66. The molecule has 0 aromatic heterocycles. The zero-order chi connectivity index (χ0) is 17.2. The fourth-order valence-electron chi connectivity index (χ4n) is 3.82. The molecule has 0 unspecified atom stereocenters. The second-order valence-electron chi connectivity index (χ2n) is 7.40. The van der Waals surface area contributed by atoms with Crippen molar-refractivity contribution < 1.29 is 0 Å². The summed E-state index contributed by atoms with van der Waals surface area (Å²) in [4.78, 5) is 0. The molecule has 0 aliphatic heterocycles. The highest BCUT2D eigenvalue weighted by molar-refractivity contribution is 5.81. The van der Waals surface area contributed by atoms with E-state index in [0.29, 0.717) is 5.92 Å². The van der Waals surface area contributed by atoms with Gasteiger partial charge in [-0.2, -0.15) is 0 Å². The topological polar surface area (TPSA) is 0 Å². The third-order valence-electron chi connectivity index (χ3n) is 4.94. The lowest BCUT2D eigenvalue weighted by atomic mass is 9.95. The monoisotopic (exact) mass is 324 g/mol. The molecular formula is C25H24. The Hall–Kier alpha value is -2.60. The van der Waals surface area contributed by atoms with Crippen molar-refractivity contribution >= 4 is 6.08 Å². The molecule has 0 amide bonds. The van der Waals surface area contributed by atoms with Crippen LogP contribution in [0, 0.1) is 5.92 Å². The van der Waals surface area contributed by atoms with E-state index in [-0.39, 0.29) is 0 Å². The molecule has 0 N–H and O–H groups in total. The molecule has 0 heterocycles. The van der Waals surface area contributed by atoms with E-state index in [1.807, 2.05) is 0 Å². The molecule has 3 aromatic carbocycles. The Balaban J connectivity index is 1.68. The third kappa shape index (κ3) is 3.30. The van der Waals surface area contributed by atoms with Gasteiger partial charge in [0.2, 0.25) is 0 Å². The van der Waals surface area contributed by atoms with Gasteiger partial charge in [0.15, 0.2) is 0 Å². The molecule has 0 fully saturated rings. The Kier molecular flexibility index (Phi) is 4.28. The van der Waals surface area contributed by atoms with Crippen LogP contribution < -0.4 is 0 Å². The number of benzene rings is 3. The van der Waals surface area contributed by atoms with E-state index in [9.17, 15) is 0 Å². The zero-order valence-electron chi connectivity index (χ0n) is 15.0. The molecule has 0 saturated carbocycles. The Labute approximate surface area is 150 Å². The van der Waals surface area contributed by atoms with Gasteiger partial charge in [-0.05, 0) is 52.1 Å². The molecule has 0 bridgehead atoms. The van der Waals surface area contributed by atoms with Gasteiger partial charge in [-0.3, -0.25) is 0 Å². The maximum Gasteiger partial charge on any atom is -0.00575 e. The molecule has 0 heteroatoms. The van der Waals surface area contributed by atoms with E-state index in [0.717, 1.165) is 6.42 Å². The van der Waals surface area contributed by atoms with Crippen LogP contribution in [0.1, 0.15) is 31.4 Å². The van der Waals surface area contributed by atoms with Crippen LogP contribution in [0.15, 0.2) is 78.4 Å². The smallest absolute Gasteiger partial charge is 0.00575 e. The molecule has 1 aliphatic rings. The van der Waals surface area contributed by atoms with Gasteiger partial charge in [0, 0.05) is 0 Å². The minimum atomic E-state index is 0.717. The van der Waals surface area contributed by atoms with Crippen LogP contribution in [-0.2, 0) is 6.42 Å². The summed E-state index contributed by atoms with van der Waals surface area (Å²) < 4.78 is 0. The second-order valence-corrected chi connectivity index (χ2v) is 7.40. The van der Waals surface area contributed by atoms with Crippen LogP contribution >= 0.6 is 0 Å². The van der Waals surface area contributed by atoms with Crippen molar-refractivity contribution in [3.05, 3.63) is 89.5 Å². The first-order valence-corrected chi connectivity index (χ1v) is 9.18. The largest absolute Gasteiger partial charge is 0.0649 e. The first kappa shape index (κ1) is 15.9. The molecule has 0 nitrogen and oxygen atoms in total. The van der Waals surface area contributed by atoms with Crippen molar-refractivity contribution in [2.45, 2.75) is 26.7 Å². The second kappa shape index (κ2) is 6.72. The van der Waals surface area contributed by atoms with Crippen molar-refractivity contribution in [3.8, 4) is 22.3 Å². The van der Waals surface area contributed by atoms with Crippen LogP contribution in [0.5, 0.6) is 0 Å². The van der Waals surface area contributed by atoms with E-state index in [4.69, 9.17) is 0 Å². The summed E-state index contributed by atoms with van der Waals surface area (Å²) >= 11 is 0. The van der Waals surface area contributed by atoms with E-state index in [1.54, 1.807) is 5.57 Å². The lowest BCUT2D eigenvalue weighted by Gasteiger charge is -2.09. The van der Waals surface area contributed by atoms with Gasteiger partial charge in [0.1, 0.15) is 0 Å². The Morgan fingerprint density at radius 3 is 2.12 bits per heavy atom. The van der Waals surface area contributed by atoms with Gasteiger partial charge < -0.3 is 0 Å². The van der Waals surface area contributed by atoms with Gasteiger partial charge in [0.05, 0.1) is 0 Å². The average Bonchev–Trinajstić information content (AvgIpc) is 3.04. The Morgan fingerprint density at radius 2 is 1.40 bits per heavy atom. The first-order chi connectivity index (χ1) is 12.2. The maximum atomic E-state index is 2.43. The van der Waals surface area contributed by atoms with Crippen molar-refractivity contribution in [2.75, 3.05) is 0 Å². The SMILES string of the molecule is CC(C)CC1=Cc2c(cccc2-c2ccc(-c3ccccc3)cc2)C1. The minimum absolute atomic E-state index is 0.717. The summed E-state index contributed by atoms with van der Waals surface area (Å²) in [6.07, 6.45) is 4.74. The predicted octanol–water partition coefficient (Wildman–Crippen LogP) is 7.01. The van der Waals surface area contributed by atoms with Crippen LogP contribution in [0.4, 0.5) is 0 Å². The standard InChI is InChI=1S/C25H24/c1-18(2)15-19-16-23-9-6-10-24(25(23)17-19)22-13-11-21(12-14-22)20-7-4-3-5-8-20/h3-14,17-18H,15-16H2,1-2H3. The summed E-state index contributed by atoms with van der Waals surface area (Å²) in [5, 5.41) is 0. The highest BCUT2D eigenvalue weighted by atomic mass is 14.2. The Morgan fingerprint density at radius 1 is 0.720 bits per heavy atom. The van der Waals surface area contributed by atoms with Crippen molar-refractivity contribution in [3.63, 3.8) is 0 Å². The van der Waals surface area contributed by atoms with Crippen molar-refractivity contribution in [1.29, 1.82) is 0 Å². The molecule has 0 saturated heterocycles. The lowest BCUT2D eigenvalue weighted by Crippen LogP contribution is -1.91. The number of rotatable bonds is 4. The summed E-state index contributed by atoms with van der Waals surface area (Å²) in [7, 11) is 0. The van der Waals surface area contributed by atoms with Gasteiger partial charge in [-0.15, -0.1) is 0 Å². The third-order valence-corrected chi connectivity index (χ3v) is 4.94. The van der Waals surface area contributed by atoms with Crippen LogP contribution in [-0.4, -0.2) is 0 Å².